The third-order valence-electron chi connectivity index (χ3n) is 5.35. The van der Waals surface area contributed by atoms with Crippen LogP contribution in [0, 0.1) is 0 Å². The Labute approximate surface area is 199 Å². The van der Waals surface area contributed by atoms with E-state index in [1.807, 2.05) is 30.3 Å². The van der Waals surface area contributed by atoms with Gasteiger partial charge in [-0.15, -0.1) is 0 Å². The predicted molar refractivity (Wildman–Crippen MR) is 135 cm³/mol. The van der Waals surface area contributed by atoms with Crippen LogP contribution >= 0.6 is 34.8 Å². The fourth-order valence-electron chi connectivity index (χ4n) is 3.95. The van der Waals surface area contributed by atoms with Crippen LogP contribution in [0.1, 0.15) is 18.3 Å². The smallest absolute Gasteiger partial charge is 0.250 e. The van der Waals surface area contributed by atoms with Gasteiger partial charge in [-0.1, -0.05) is 71.2 Å². The second-order valence-electron chi connectivity index (χ2n) is 7.32. The van der Waals surface area contributed by atoms with Crippen molar-refractivity contribution in [1.82, 2.24) is 14.5 Å². The average molecular weight is 483 g/mol. The summed E-state index contributed by atoms with van der Waals surface area (Å²) in [5.41, 5.74) is 7.04. The van der Waals surface area contributed by atoms with E-state index < -0.39 is 3.79 Å². The van der Waals surface area contributed by atoms with Gasteiger partial charge in [-0.3, -0.25) is 5.43 Å². The number of fused-ring (bicyclic) bond motifs is 4. The minimum atomic E-state index is -1.73. The van der Waals surface area contributed by atoms with Crippen LogP contribution in [0.2, 0.25) is 0 Å². The van der Waals surface area contributed by atoms with Crippen LogP contribution in [-0.4, -0.2) is 20.7 Å². The first-order valence-electron chi connectivity index (χ1n) is 10.1. The molecule has 5 nitrogen and oxygen atoms in total. The number of aromatic nitrogens is 3. The van der Waals surface area contributed by atoms with Gasteiger partial charge in [0.25, 0.3) is 0 Å². The van der Waals surface area contributed by atoms with Crippen molar-refractivity contribution in [3.05, 3.63) is 78.1 Å². The molecule has 0 amide bonds. The second kappa shape index (κ2) is 8.24. The van der Waals surface area contributed by atoms with Crippen molar-refractivity contribution in [3.8, 4) is 0 Å². The van der Waals surface area contributed by atoms with Crippen LogP contribution in [0.25, 0.3) is 32.7 Å². The first-order valence-corrected chi connectivity index (χ1v) is 11.2. The lowest BCUT2D eigenvalue weighted by atomic mass is 10.1. The number of benzene rings is 3. The van der Waals surface area contributed by atoms with Gasteiger partial charge in [0, 0.05) is 33.7 Å². The molecule has 0 unspecified atom stereocenters. The molecule has 0 aliphatic rings. The van der Waals surface area contributed by atoms with E-state index in [0.29, 0.717) is 11.3 Å². The molecular formula is C24H18Cl3N5. The molecule has 5 aromatic rings. The molecule has 32 heavy (non-hydrogen) atoms. The number of nitrogens with one attached hydrogen (secondary N) is 1. The van der Waals surface area contributed by atoms with Gasteiger partial charge in [0.2, 0.25) is 3.79 Å². The number of hydrogen-bond donors (Lipinski definition) is 1. The molecular weight excluding hydrogens is 465 g/mol. The highest BCUT2D eigenvalue weighted by Crippen LogP contribution is 2.37. The van der Waals surface area contributed by atoms with Crippen molar-refractivity contribution in [3.63, 3.8) is 0 Å². The van der Waals surface area contributed by atoms with E-state index in [0.717, 1.165) is 17.5 Å². The highest BCUT2D eigenvalue weighted by atomic mass is 35.6. The van der Waals surface area contributed by atoms with Gasteiger partial charge in [-0.2, -0.15) is 5.10 Å². The number of hydrogen-bond acceptors (Lipinski definition) is 4. The number of nitrogens with zero attached hydrogens (tertiary/aromatic N) is 4. The zero-order chi connectivity index (χ0) is 22.3. The molecule has 0 atom stereocenters. The van der Waals surface area contributed by atoms with Crippen LogP contribution < -0.4 is 5.43 Å². The Hall–Kier alpha value is -2.86. The third-order valence-corrected chi connectivity index (χ3v) is 5.86. The lowest BCUT2D eigenvalue weighted by Crippen LogP contribution is -2.09. The van der Waals surface area contributed by atoms with E-state index in [9.17, 15) is 0 Å². The van der Waals surface area contributed by atoms with Crippen LogP contribution in [0.4, 0.5) is 5.82 Å². The molecule has 0 saturated heterocycles. The maximum absolute atomic E-state index is 6.02. The van der Waals surface area contributed by atoms with Gasteiger partial charge in [0.15, 0.2) is 11.6 Å². The predicted octanol–water partition coefficient (Wildman–Crippen LogP) is 7.03. The summed E-state index contributed by atoms with van der Waals surface area (Å²) in [5, 5.41) is 7.60. The van der Waals surface area contributed by atoms with Crippen molar-refractivity contribution in [2.75, 3.05) is 5.43 Å². The molecule has 0 aliphatic heterocycles. The van der Waals surface area contributed by atoms with Crippen LogP contribution in [-0.2, 0) is 10.3 Å². The fraction of sp³-hybridized carbons (Fsp3) is 0.125. The van der Waals surface area contributed by atoms with E-state index in [-0.39, 0.29) is 5.82 Å². The van der Waals surface area contributed by atoms with Crippen molar-refractivity contribution < 1.29 is 0 Å². The second-order valence-corrected chi connectivity index (χ2v) is 9.60. The Morgan fingerprint density at radius 2 is 1.62 bits per heavy atom. The maximum Gasteiger partial charge on any atom is 0.250 e. The van der Waals surface area contributed by atoms with E-state index in [1.54, 1.807) is 6.21 Å². The molecule has 2 heterocycles. The Morgan fingerprint density at radius 3 is 2.41 bits per heavy atom. The number of para-hydroxylation sites is 2. The number of anilines is 1. The number of rotatable bonds is 4. The Bertz CT molecular complexity index is 1480. The molecule has 0 radical (unpaired) electrons. The number of alkyl halides is 3. The molecule has 160 valence electrons. The molecule has 0 aliphatic carbocycles. The Morgan fingerprint density at radius 1 is 0.906 bits per heavy atom. The topological polar surface area (TPSA) is 55.1 Å². The summed E-state index contributed by atoms with van der Waals surface area (Å²) >= 11 is 18.0. The molecule has 8 heteroatoms. The van der Waals surface area contributed by atoms with Gasteiger partial charge in [0.05, 0.1) is 11.7 Å². The summed E-state index contributed by atoms with van der Waals surface area (Å²) in [6, 6.07) is 22.2. The Balaban J connectivity index is 1.52. The summed E-state index contributed by atoms with van der Waals surface area (Å²) < 4.78 is 0.581. The van der Waals surface area contributed by atoms with Crippen LogP contribution in [0.5, 0.6) is 0 Å². The van der Waals surface area contributed by atoms with Gasteiger partial charge >= 0.3 is 0 Å². The summed E-state index contributed by atoms with van der Waals surface area (Å²) in [4.78, 5) is 8.72. The van der Waals surface area contributed by atoms with E-state index in [1.165, 1.54) is 21.8 Å². The molecule has 0 spiro atoms. The molecule has 1 N–H and O–H groups in total. The minimum Gasteiger partial charge on any atom is -0.341 e. The van der Waals surface area contributed by atoms with Crippen LogP contribution in [0.15, 0.2) is 71.8 Å². The molecule has 0 bridgehead atoms. The molecule has 5 rings (SSSR count). The van der Waals surface area contributed by atoms with Gasteiger partial charge in [-0.25, -0.2) is 9.97 Å². The van der Waals surface area contributed by atoms with E-state index in [2.05, 4.69) is 68.4 Å². The molecule has 0 saturated carbocycles. The van der Waals surface area contributed by atoms with Crippen molar-refractivity contribution in [2.24, 2.45) is 5.10 Å². The maximum atomic E-state index is 6.02. The van der Waals surface area contributed by atoms with E-state index >= 15 is 0 Å². The van der Waals surface area contributed by atoms with Crippen LogP contribution in [0.3, 0.4) is 0 Å². The van der Waals surface area contributed by atoms with Crippen molar-refractivity contribution in [2.45, 2.75) is 17.3 Å². The lowest BCUT2D eigenvalue weighted by Gasteiger charge is -2.12. The first kappa shape index (κ1) is 21.0. The number of halogens is 3. The first-order chi connectivity index (χ1) is 15.5. The molecule has 2 aromatic heterocycles. The monoisotopic (exact) mass is 481 g/mol. The normalized spacial score (nSPS) is 12.4. The number of aryl methyl sites for hydroxylation is 1. The van der Waals surface area contributed by atoms with Crippen molar-refractivity contribution >= 4 is 79.5 Å². The summed E-state index contributed by atoms with van der Waals surface area (Å²) in [6.45, 7) is 3.06. The summed E-state index contributed by atoms with van der Waals surface area (Å²) in [5.74, 6) is 0.560. The molecule has 0 fully saturated rings. The van der Waals surface area contributed by atoms with Gasteiger partial charge < -0.3 is 4.57 Å². The highest BCUT2D eigenvalue weighted by molar-refractivity contribution is 6.66. The Kier molecular flexibility index (Phi) is 5.41. The van der Waals surface area contributed by atoms with E-state index in [4.69, 9.17) is 34.8 Å². The summed E-state index contributed by atoms with van der Waals surface area (Å²) in [6.07, 6.45) is 1.75. The van der Waals surface area contributed by atoms with Crippen molar-refractivity contribution in [1.29, 1.82) is 0 Å². The van der Waals surface area contributed by atoms with Gasteiger partial charge in [0.1, 0.15) is 0 Å². The standard InChI is InChI=1S/C24H18Cl3N5/c1-2-32-20-10-6-4-7-16(20)18-13-15(11-12-21(18)32)14-28-31-22-17-8-3-5-9-19(17)29-23(30-22)24(25,26)27/h3-14H,2H2,1H3,(H,29,30,31). The zero-order valence-electron chi connectivity index (χ0n) is 17.1. The largest absolute Gasteiger partial charge is 0.341 e. The SMILES string of the molecule is CCn1c2ccccc2c2cc(C=NNc3nc(C(Cl)(Cl)Cl)nc4ccccc34)ccc21. The van der Waals surface area contributed by atoms with Gasteiger partial charge in [-0.05, 0) is 42.8 Å². The average Bonchev–Trinajstić information content (AvgIpc) is 3.11. The molecule has 3 aromatic carbocycles. The highest BCUT2D eigenvalue weighted by Gasteiger charge is 2.28. The zero-order valence-corrected chi connectivity index (χ0v) is 19.3. The lowest BCUT2D eigenvalue weighted by molar-refractivity contribution is 0.827. The minimum absolute atomic E-state index is 0.0905. The fourth-order valence-corrected chi connectivity index (χ4v) is 4.20. The number of hydrazone groups is 1. The summed E-state index contributed by atoms with van der Waals surface area (Å²) in [7, 11) is 0. The quantitative estimate of drug-likeness (QED) is 0.170. The third kappa shape index (κ3) is 3.77.